The van der Waals surface area contributed by atoms with Crippen molar-refractivity contribution < 1.29 is 4.74 Å². The van der Waals surface area contributed by atoms with Gasteiger partial charge in [-0.1, -0.05) is 12.1 Å². The van der Waals surface area contributed by atoms with Gasteiger partial charge in [-0.2, -0.15) is 0 Å². The number of aromatic amines is 1. The van der Waals surface area contributed by atoms with Gasteiger partial charge in [0.1, 0.15) is 11.6 Å². The van der Waals surface area contributed by atoms with E-state index in [1.165, 1.54) is 0 Å². The van der Waals surface area contributed by atoms with Crippen molar-refractivity contribution in [1.29, 1.82) is 0 Å². The summed E-state index contributed by atoms with van der Waals surface area (Å²) in [6.45, 7) is 7.20. The van der Waals surface area contributed by atoms with Gasteiger partial charge in [-0.25, -0.2) is 4.98 Å². The van der Waals surface area contributed by atoms with Crippen LogP contribution < -0.4 is 10.1 Å². The first-order chi connectivity index (χ1) is 8.99. The molecule has 0 bridgehead atoms. The molecule has 1 aromatic heterocycles. The van der Waals surface area contributed by atoms with Crippen molar-refractivity contribution in [1.82, 2.24) is 15.3 Å². The van der Waals surface area contributed by atoms with Crippen LogP contribution in [0.4, 0.5) is 0 Å². The third-order valence-electron chi connectivity index (χ3n) is 2.80. The molecule has 1 heterocycles. The number of aromatic nitrogens is 2. The van der Waals surface area contributed by atoms with E-state index < -0.39 is 0 Å². The van der Waals surface area contributed by atoms with Crippen molar-refractivity contribution in [2.24, 2.45) is 0 Å². The molecule has 0 atom stereocenters. The number of para-hydroxylation sites is 1. The summed E-state index contributed by atoms with van der Waals surface area (Å²) in [6, 6.07) is 7.87. The number of methoxy groups -OCH3 is 1. The Morgan fingerprint density at radius 2 is 2.00 bits per heavy atom. The number of benzene rings is 1. The molecule has 1 aromatic carbocycles. The highest BCUT2D eigenvalue weighted by atomic mass is 16.5. The van der Waals surface area contributed by atoms with Gasteiger partial charge in [0.2, 0.25) is 0 Å². The van der Waals surface area contributed by atoms with Gasteiger partial charge in [0.05, 0.1) is 12.7 Å². The van der Waals surface area contributed by atoms with Crippen molar-refractivity contribution >= 4 is 0 Å². The molecule has 0 unspecified atom stereocenters. The molecule has 2 aromatic rings. The Morgan fingerprint density at radius 1 is 1.26 bits per heavy atom. The Bertz CT molecular complexity index is 540. The zero-order valence-corrected chi connectivity index (χ0v) is 11.9. The quantitative estimate of drug-likeness (QED) is 0.887. The standard InChI is InChI=1S/C15H21N3O/c1-15(2,3)17-10-11-9-16-14(18-11)12-7-5-6-8-13(12)19-4/h5-9,17H,10H2,1-4H3,(H,16,18). The Hall–Kier alpha value is -1.81. The van der Waals surface area contributed by atoms with Gasteiger partial charge in [-0.15, -0.1) is 0 Å². The van der Waals surface area contributed by atoms with E-state index in [1.807, 2.05) is 30.5 Å². The van der Waals surface area contributed by atoms with Gasteiger partial charge in [-0.3, -0.25) is 0 Å². The van der Waals surface area contributed by atoms with Crippen molar-refractivity contribution in [3.05, 3.63) is 36.2 Å². The fourth-order valence-corrected chi connectivity index (χ4v) is 1.79. The Kier molecular flexibility index (Phi) is 3.90. The molecule has 0 fully saturated rings. The third kappa shape index (κ3) is 3.58. The smallest absolute Gasteiger partial charge is 0.141 e. The number of imidazole rings is 1. The molecule has 0 aliphatic rings. The maximum atomic E-state index is 5.35. The summed E-state index contributed by atoms with van der Waals surface area (Å²) in [6.07, 6.45) is 1.86. The second-order valence-corrected chi connectivity index (χ2v) is 5.56. The van der Waals surface area contributed by atoms with Crippen LogP contribution in [0.3, 0.4) is 0 Å². The minimum absolute atomic E-state index is 0.0930. The van der Waals surface area contributed by atoms with Crippen LogP contribution in [0.2, 0.25) is 0 Å². The summed E-state index contributed by atoms with van der Waals surface area (Å²) in [4.78, 5) is 7.74. The molecular weight excluding hydrogens is 238 g/mol. The molecule has 4 heteroatoms. The average Bonchev–Trinajstić information content (AvgIpc) is 2.84. The molecule has 0 amide bonds. The van der Waals surface area contributed by atoms with Gasteiger partial charge >= 0.3 is 0 Å². The van der Waals surface area contributed by atoms with E-state index in [4.69, 9.17) is 4.74 Å². The van der Waals surface area contributed by atoms with Crippen LogP contribution in [0.15, 0.2) is 30.5 Å². The lowest BCUT2D eigenvalue weighted by Crippen LogP contribution is -2.35. The maximum absolute atomic E-state index is 5.35. The van der Waals surface area contributed by atoms with Gasteiger partial charge in [0.15, 0.2) is 0 Å². The van der Waals surface area contributed by atoms with Gasteiger partial charge in [-0.05, 0) is 32.9 Å². The number of ether oxygens (including phenoxy) is 1. The molecule has 2 rings (SSSR count). The van der Waals surface area contributed by atoms with E-state index >= 15 is 0 Å². The maximum Gasteiger partial charge on any atom is 0.141 e. The van der Waals surface area contributed by atoms with Gasteiger partial charge in [0.25, 0.3) is 0 Å². The normalized spacial score (nSPS) is 11.6. The number of rotatable bonds is 4. The number of H-pyrrole nitrogens is 1. The van der Waals surface area contributed by atoms with E-state index in [2.05, 4.69) is 36.1 Å². The zero-order chi connectivity index (χ0) is 13.9. The fraction of sp³-hybridized carbons (Fsp3) is 0.400. The molecule has 0 aliphatic carbocycles. The first-order valence-corrected chi connectivity index (χ1v) is 6.42. The molecule has 2 N–H and O–H groups in total. The van der Waals surface area contributed by atoms with E-state index in [1.54, 1.807) is 7.11 Å². The fourth-order valence-electron chi connectivity index (χ4n) is 1.79. The summed E-state index contributed by atoms with van der Waals surface area (Å²) in [5.74, 6) is 1.66. The Morgan fingerprint density at radius 3 is 2.68 bits per heavy atom. The number of hydrogen-bond acceptors (Lipinski definition) is 3. The number of nitrogens with zero attached hydrogens (tertiary/aromatic N) is 1. The van der Waals surface area contributed by atoms with E-state index in [-0.39, 0.29) is 5.54 Å². The van der Waals surface area contributed by atoms with E-state index in [9.17, 15) is 0 Å². The SMILES string of the molecule is COc1ccccc1-c1ncc(CNC(C)(C)C)[nH]1. The molecule has 19 heavy (non-hydrogen) atoms. The van der Waals surface area contributed by atoms with Crippen LogP contribution in [-0.4, -0.2) is 22.6 Å². The molecule has 0 radical (unpaired) electrons. The highest BCUT2D eigenvalue weighted by Gasteiger charge is 2.11. The van der Waals surface area contributed by atoms with E-state index in [0.29, 0.717) is 0 Å². The topological polar surface area (TPSA) is 49.9 Å². The highest BCUT2D eigenvalue weighted by molar-refractivity contribution is 5.64. The van der Waals surface area contributed by atoms with Crippen LogP contribution in [-0.2, 0) is 6.54 Å². The first kappa shape index (κ1) is 13.6. The molecular formula is C15H21N3O. The van der Waals surface area contributed by atoms with Crippen LogP contribution in [0, 0.1) is 0 Å². The Balaban J connectivity index is 2.17. The second kappa shape index (κ2) is 5.45. The minimum atomic E-state index is 0.0930. The summed E-state index contributed by atoms with van der Waals surface area (Å²) in [5.41, 5.74) is 2.14. The summed E-state index contributed by atoms with van der Waals surface area (Å²) >= 11 is 0. The van der Waals surface area contributed by atoms with Crippen molar-refractivity contribution in [3.8, 4) is 17.1 Å². The predicted molar refractivity (Wildman–Crippen MR) is 77.2 cm³/mol. The molecule has 0 spiro atoms. The van der Waals surface area contributed by atoms with Gasteiger partial charge < -0.3 is 15.0 Å². The summed E-state index contributed by atoms with van der Waals surface area (Å²) in [5, 5.41) is 3.43. The molecule has 0 saturated carbocycles. The van der Waals surface area contributed by atoms with Crippen molar-refractivity contribution in [2.75, 3.05) is 7.11 Å². The molecule has 102 valence electrons. The predicted octanol–water partition coefficient (Wildman–Crippen LogP) is 2.97. The van der Waals surface area contributed by atoms with Crippen LogP contribution in [0.5, 0.6) is 5.75 Å². The lowest BCUT2D eigenvalue weighted by Gasteiger charge is -2.19. The van der Waals surface area contributed by atoms with E-state index in [0.717, 1.165) is 29.4 Å². The third-order valence-corrected chi connectivity index (χ3v) is 2.80. The molecule has 0 aliphatic heterocycles. The van der Waals surface area contributed by atoms with Crippen LogP contribution >= 0.6 is 0 Å². The largest absolute Gasteiger partial charge is 0.496 e. The van der Waals surface area contributed by atoms with Gasteiger partial charge in [0, 0.05) is 24.0 Å². The average molecular weight is 259 g/mol. The van der Waals surface area contributed by atoms with Crippen LogP contribution in [0.25, 0.3) is 11.4 Å². The summed E-state index contributed by atoms with van der Waals surface area (Å²) < 4.78 is 5.35. The number of hydrogen-bond donors (Lipinski definition) is 2. The van der Waals surface area contributed by atoms with Crippen LogP contribution in [0.1, 0.15) is 26.5 Å². The minimum Gasteiger partial charge on any atom is -0.496 e. The lowest BCUT2D eigenvalue weighted by molar-refractivity contribution is 0.416. The second-order valence-electron chi connectivity index (χ2n) is 5.56. The molecule has 0 saturated heterocycles. The molecule has 4 nitrogen and oxygen atoms in total. The highest BCUT2D eigenvalue weighted by Crippen LogP contribution is 2.26. The van der Waals surface area contributed by atoms with Crippen molar-refractivity contribution in [3.63, 3.8) is 0 Å². The summed E-state index contributed by atoms with van der Waals surface area (Å²) in [7, 11) is 1.67. The zero-order valence-electron chi connectivity index (χ0n) is 11.9. The monoisotopic (exact) mass is 259 g/mol. The van der Waals surface area contributed by atoms with Crippen molar-refractivity contribution in [2.45, 2.75) is 32.9 Å². The first-order valence-electron chi connectivity index (χ1n) is 6.42. The Labute approximate surface area is 114 Å². The number of nitrogens with one attached hydrogen (secondary N) is 2. The lowest BCUT2D eigenvalue weighted by atomic mass is 10.1.